The molecule has 1 atom stereocenters. The van der Waals surface area contributed by atoms with Crippen molar-refractivity contribution in [2.24, 2.45) is 0 Å². The molecule has 1 aliphatic heterocycles. The fraction of sp³-hybridized carbons (Fsp3) is 0. The molecule has 0 N–H and O–H groups in total. The van der Waals surface area contributed by atoms with E-state index in [1.54, 1.807) is 0 Å². The Balaban J connectivity index is 1.14. The number of fused-ring (bicyclic) bond motifs is 8. The number of rotatable bonds is 5. The van der Waals surface area contributed by atoms with Crippen LogP contribution in [0.3, 0.4) is 0 Å². The van der Waals surface area contributed by atoms with Gasteiger partial charge in [0.25, 0.3) is 0 Å². The van der Waals surface area contributed by atoms with Gasteiger partial charge in [-0.2, -0.15) is 0 Å². The SMILES string of the molecule is c1ccc(-c2cccc3c2Oc2cc(-n4c5ccccc5c5ccccc54)ccc2[Si]3(c2ccccc2)c2ccc(-n3c4ccccc4c4ccccc43)cc2)cc1. The van der Waals surface area contributed by atoms with E-state index in [9.17, 15) is 0 Å². The molecule has 1 aliphatic rings. The molecule has 0 spiro atoms. The normalized spacial score (nSPS) is 14.8. The van der Waals surface area contributed by atoms with Crippen molar-refractivity contribution < 1.29 is 4.74 Å². The summed E-state index contributed by atoms with van der Waals surface area (Å²) in [5, 5.41) is 10.1. The molecule has 0 saturated carbocycles. The molecule has 3 heterocycles. The monoisotopic (exact) mass is 756 g/mol. The molecular weight excluding hydrogens is 721 g/mol. The van der Waals surface area contributed by atoms with Crippen LogP contribution in [0, 0.1) is 0 Å². The van der Waals surface area contributed by atoms with Gasteiger partial charge < -0.3 is 13.9 Å². The summed E-state index contributed by atoms with van der Waals surface area (Å²) < 4.78 is 12.1. The lowest BCUT2D eigenvalue weighted by molar-refractivity contribution is 0.488. The van der Waals surface area contributed by atoms with Crippen LogP contribution in [0.25, 0.3) is 66.1 Å². The van der Waals surface area contributed by atoms with Crippen LogP contribution in [0.5, 0.6) is 11.5 Å². The van der Waals surface area contributed by atoms with E-state index in [2.05, 4.69) is 228 Å². The summed E-state index contributed by atoms with van der Waals surface area (Å²) in [6.07, 6.45) is 0. The molecule has 0 radical (unpaired) electrons. The van der Waals surface area contributed by atoms with Gasteiger partial charge in [0.05, 0.1) is 22.1 Å². The van der Waals surface area contributed by atoms with E-state index in [0.717, 1.165) is 34.0 Å². The molecule has 0 saturated heterocycles. The summed E-state index contributed by atoms with van der Waals surface area (Å²) in [7, 11) is -3.01. The largest absolute Gasteiger partial charge is 0.457 e. The third-order valence-corrected chi connectivity index (χ3v) is 17.1. The van der Waals surface area contributed by atoms with Crippen LogP contribution in [-0.4, -0.2) is 17.2 Å². The Morgan fingerprint density at radius 1 is 0.345 bits per heavy atom. The van der Waals surface area contributed by atoms with Crippen LogP contribution in [0.1, 0.15) is 0 Å². The van der Waals surface area contributed by atoms with E-state index in [4.69, 9.17) is 4.74 Å². The Bertz CT molecular complexity index is 3260. The molecule has 0 bridgehead atoms. The Hall–Kier alpha value is -7.40. The second-order valence-electron chi connectivity index (χ2n) is 15.2. The molecule has 1 unspecified atom stereocenters. The molecule has 0 fully saturated rings. The lowest BCUT2D eigenvalue weighted by Gasteiger charge is -2.40. The smallest absolute Gasteiger partial charge is 0.188 e. The van der Waals surface area contributed by atoms with Gasteiger partial charge in [0.15, 0.2) is 8.07 Å². The van der Waals surface area contributed by atoms with E-state index in [1.807, 2.05) is 0 Å². The highest BCUT2D eigenvalue weighted by atomic mass is 28.3. The minimum atomic E-state index is -3.01. The Labute approximate surface area is 337 Å². The number of hydrogen-bond donors (Lipinski definition) is 0. The number of nitrogens with zero attached hydrogens (tertiary/aromatic N) is 2. The number of aromatic nitrogens is 2. The first kappa shape index (κ1) is 32.8. The minimum absolute atomic E-state index is 0.900. The molecular formula is C54H36N2OSi. The van der Waals surface area contributed by atoms with E-state index >= 15 is 0 Å². The van der Waals surface area contributed by atoms with Gasteiger partial charge in [-0.1, -0.05) is 170 Å². The summed E-state index contributed by atoms with van der Waals surface area (Å²) in [5.74, 6) is 1.83. The van der Waals surface area contributed by atoms with Crippen LogP contribution in [-0.2, 0) is 0 Å². The number of benzene rings is 9. The third kappa shape index (κ3) is 4.67. The van der Waals surface area contributed by atoms with E-state index in [1.165, 1.54) is 64.4 Å². The van der Waals surface area contributed by atoms with Gasteiger partial charge in [-0.3, -0.25) is 0 Å². The topological polar surface area (TPSA) is 19.1 Å². The Morgan fingerprint density at radius 3 is 1.38 bits per heavy atom. The molecule has 2 aromatic heterocycles. The van der Waals surface area contributed by atoms with E-state index < -0.39 is 8.07 Å². The zero-order chi connectivity index (χ0) is 38.2. The fourth-order valence-electron chi connectivity index (χ4n) is 9.83. The first-order valence-corrected chi connectivity index (χ1v) is 21.9. The second-order valence-corrected chi connectivity index (χ2v) is 19.0. The van der Waals surface area contributed by atoms with Crippen molar-refractivity contribution in [3.05, 3.63) is 218 Å². The molecule has 0 amide bonds. The first-order valence-electron chi connectivity index (χ1n) is 19.9. The zero-order valence-electron chi connectivity index (χ0n) is 31.6. The number of para-hydroxylation sites is 5. The van der Waals surface area contributed by atoms with E-state index in [-0.39, 0.29) is 0 Å². The van der Waals surface area contributed by atoms with Crippen LogP contribution in [0.4, 0.5) is 0 Å². The van der Waals surface area contributed by atoms with Gasteiger partial charge in [-0.15, -0.1) is 0 Å². The van der Waals surface area contributed by atoms with Gasteiger partial charge in [0.2, 0.25) is 0 Å². The molecule has 11 aromatic rings. The summed E-state index contributed by atoms with van der Waals surface area (Å²) in [4.78, 5) is 0. The van der Waals surface area contributed by atoms with Crippen LogP contribution in [0.2, 0.25) is 0 Å². The fourth-order valence-corrected chi connectivity index (χ4v) is 14.8. The molecule has 0 aliphatic carbocycles. The van der Waals surface area contributed by atoms with Gasteiger partial charge in [0.1, 0.15) is 11.5 Å². The predicted molar refractivity (Wildman–Crippen MR) is 244 cm³/mol. The average Bonchev–Trinajstić information content (AvgIpc) is 3.82. The van der Waals surface area contributed by atoms with Gasteiger partial charge in [-0.05, 0) is 68.8 Å². The maximum Gasteiger partial charge on any atom is 0.188 e. The quantitative estimate of drug-likeness (QED) is 0.160. The maximum atomic E-state index is 7.32. The molecule has 9 aromatic carbocycles. The highest BCUT2D eigenvalue weighted by Gasteiger charge is 2.48. The number of ether oxygens (including phenoxy) is 1. The van der Waals surface area contributed by atoms with Crippen LogP contribution in [0.15, 0.2) is 218 Å². The second kappa shape index (κ2) is 12.8. The summed E-state index contributed by atoms with van der Waals surface area (Å²) in [6, 6.07) is 79.9. The van der Waals surface area contributed by atoms with Gasteiger partial charge >= 0.3 is 0 Å². The Morgan fingerprint density at radius 2 is 0.810 bits per heavy atom. The van der Waals surface area contributed by atoms with Crippen LogP contribution >= 0.6 is 0 Å². The molecule has 12 rings (SSSR count). The third-order valence-electron chi connectivity index (χ3n) is 12.3. The highest BCUT2D eigenvalue weighted by Crippen LogP contribution is 2.40. The standard InChI is InChI=1S/C54H36N2OSi/c1-3-16-37(17-4-1)42-24-15-29-53-54(42)57-51-36-39(56-49-27-13-9-22-45(49)46-23-10-14-28-50(46)56)32-35-52(51)58(53,40-18-5-2-6-19-40)41-33-30-38(31-34-41)55-47-25-11-7-20-43(47)44-21-8-12-26-48(44)55/h1-36H. The summed E-state index contributed by atoms with van der Waals surface area (Å²) in [6.45, 7) is 0. The predicted octanol–water partition coefficient (Wildman–Crippen LogP) is 11.0. The van der Waals surface area contributed by atoms with Crippen molar-refractivity contribution in [3.63, 3.8) is 0 Å². The molecule has 4 heteroatoms. The molecule has 272 valence electrons. The van der Waals surface area contributed by atoms with Crippen molar-refractivity contribution in [2.75, 3.05) is 0 Å². The summed E-state index contributed by atoms with van der Waals surface area (Å²) >= 11 is 0. The van der Waals surface area contributed by atoms with Crippen LogP contribution < -0.4 is 25.5 Å². The average molecular weight is 757 g/mol. The van der Waals surface area contributed by atoms with Crippen molar-refractivity contribution in [2.45, 2.75) is 0 Å². The van der Waals surface area contributed by atoms with Gasteiger partial charge in [0, 0.05) is 44.5 Å². The molecule has 58 heavy (non-hydrogen) atoms. The van der Waals surface area contributed by atoms with Gasteiger partial charge in [-0.25, -0.2) is 0 Å². The summed E-state index contributed by atoms with van der Waals surface area (Å²) in [5.41, 5.74) is 9.23. The van der Waals surface area contributed by atoms with E-state index in [0.29, 0.717) is 0 Å². The lowest BCUT2D eigenvalue weighted by Crippen LogP contribution is -2.76. The molecule has 3 nitrogen and oxygen atoms in total. The zero-order valence-corrected chi connectivity index (χ0v) is 32.6. The van der Waals surface area contributed by atoms with Crippen molar-refractivity contribution in [1.82, 2.24) is 9.13 Å². The maximum absolute atomic E-state index is 7.32. The first-order chi connectivity index (χ1) is 28.8. The Kier molecular flexibility index (Phi) is 7.25. The number of hydrogen-bond acceptors (Lipinski definition) is 1. The van der Waals surface area contributed by atoms with Crippen molar-refractivity contribution >= 4 is 72.4 Å². The lowest BCUT2D eigenvalue weighted by atomic mass is 10.0. The minimum Gasteiger partial charge on any atom is -0.457 e. The van der Waals surface area contributed by atoms with Crippen molar-refractivity contribution in [3.8, 4) is 34.0 Å². The highest BCUT2D eigenvalue weighted by molar-refractivity contribution is 7.20. The van der Waals surface area contributed by atoms with Crippen molar-refractivity contribution in [1.29, 1.82) is 0 Å².